The summed E-state index contributed by atoms with van der Waals surface area (Å²) in [4.78, 5) is 11.4. The lowest BCUT2D eigenvalue weighted by atomic mass is 10.1. The monoisotopic (exact) mass is 273 g/mol. The van der Waals surface area contributed by atoms with Gasteiger partial charge in [0.1, 0.15) is 11.7 Å². The van der Waals surface area contributed by atoms with Crippen molar-refractivity contribution in [2.24, 2.45) is 0 Å². The molecule has 1 aromatic rings. The Kier molecular flexibility index (Phi) is 5.15. The Bertz CT molecular complexity index is 551. The number of hydrogen-bond acceptors (Lipinski definition) is 4. The van der Waals surface area contributed by atoms with Gasteiger partial charge in [-0.2, -0.15) is 5.26 Å². The van der Waals surface area contributed by atoms with E-state index in [0.717, 1.165) is 5.56 Å². The van der Waals surface area contributed by atoms with E-state index >= 15 is 0 Å². The number of rotatable bonds is 3. The molecule has 0 atom stereocenters. The number of nitrogens with two attached hydrogens (primary N) is 1. The molecular weight excluding hydrogens is 254 g/mol. The summed E-state index contributed by atoms with van der Waals surface area (Å²) in [5, 5.41) is 11.4. The SMILES string of the molecule is CC(C)(C)OC(=O)NCC=Cc1ccc(C#N)c(N)c1. The Labute approximate surface area is 119 Å². The van der Waals surface area contributed by atoms with E-state index in [1.165, 1.54) is 0 Å². The van der Waals surface area contributed by atoms with Gasteiger partial charge in [0.15, 0.2) is 0 Å². The number of nitrogens with one attached hydrogen (secondary N) is 1. The minimum atomic E-state index is -0.505. The van der Waals surface area contributed by atoms with Gasteiger partial charge >= 0.3 is 6.09 Å². The van der Waals surface area contributed by atoms with Crippen LogP contribution >= 0.6 is 0 Å². The van der Waals surface area contributed by atoms with Crippen LogP contribution in [0.1, 0.15) is 31.9 Å². The van der Waals surface area contributed by atoms with Crippen molar-refractivity contribution >= 4 is 17.9 Å². The van der Waals surface area contributed by atoms with Crippen LogP contribution in [0.4, 0.5) is 10.5 Å². The molecule has 0 heterocycles. The molecule has 20 heavy (non-hydrogen) atoms. The summed E-state index contributed by atoms with van der Waals surface area (Å²) in [6.45, 7) is 5.78. The molecule has 5 heteroatoms. The summed E-state index contributed by atoms with van der Waals surface area (Å²) >= 11 is 0. The first-order chi connectivity index (χ1) is 9.31. The fourth-order valence-corrected chi connectivity index (χ4v) is 1.44. The lowest BCUT2D eigenvalue weighted by molar-refractivity contribution is 0.0534. The van der Waals surface area contributed by atoms with Gasteiger partial charge in [-0.3, -0.25) is 0 Å². The van der Waals surface area contributed by atoms with Gasteiger partial charge in [-0.1, -0.05) is 18.2 Å². The predicted molar refractivity (Wildman–Crippen MR) is 78.8 cm³/mol. The van der Waals surface area contributed by atoms with Gasteiger partial charge in [-0.15, -0.1) is 0 Å². The Morgan fingerprint density at radius 1 is 1.50 bits per heavy atom. The lowest BCUT2D eigenvalue weighted by Gasteiger charge is -2.19. The number of hydrogen-bond donors (Lipinski definition) is 2. The van der Waals surface area contributed by atoms with Crippen LogP contribution in [-0.2, 0) is 4.74 Å². The molecule has 0 fully saturated rings. The molecule has 0 saturated heterocycles. The Hall–Kier alpha value is -2.48. The highest BCUT2D eigenvalue weighted by molar-refractivity contribution is 5.68. The van der Waals surface area contributed by atoms with Crippen molar-refractivity contribution in [2.45, 2.75) is 26.4 Å². The summed E-state index contributed by atoms with van der Waals surface area (Å²) in [6.07, 6.45) is 3.14. The van der Waals surface area contributed by atoms with Crippen LogP contribution in [0.25, 0.3) is 6.08 Å². The average molecular weight is 273 g/mol. The molecule has 5 nitrogen and oxygen atoms in total. The largest absolute Gasteiger partial charge is 0.444 e. The van der Waals surface area contributed by atoms with E-state index in [1.54, 1.807) is 24.3 Å². The van der Waals surface area contributed by atoms with Crippen LogP contribution < -0.4 is 11.1 Å². The number of ether oxygens (including phenoxy) is 1. The topological polar surface area (TPSA) is 88.1 Å². The maximum atomic E-state index is 11.4. The van der Waals surface area contributed by atoms with Crippen LogP contribution in [0, 0.1) is 11.3 Å². The molecule has 106 valence electrons. The van der Waals surface area contributed by atoms with Crippen LogP contribution in [0.3, 0.4) is 0 Å². The second-order valence-corrected chi connectivity index (χ2v) is 5.24. The van der Waals surface area contributed by atoms with Gasteiger partial charge in [0.05, 0.1) is 11.3 Å². The van der Waals surface area contributed by atoms with E-state index in [2.05, 4.69) is 5.32 Å². The number of amides is 1. The molecule has 0 spiro atoms. The summed E-state index contributed by atoms with van der Waals surface area (Å²) in [6, 6.07) is 7.17. The van der Waals surface area contributed by atoms with Crippen LogP contribution in [0.5, 0.6) is 0 Å². The number of anilines is 1. The van der Waals surface area contributed by atoms with E-state index < -0.39 is 11.7 Å². The molecule has 0 aliphatic rings. The van der Waals surface area contributed by atoms with Gasteiger partial charge in [0.25, 0.3) is 0 Å². The summed E-state index contributed by atoms with van der Waals surface area (Å²) in [7, 11) is 0. The van der Waals surface area contributed by atoms with Crippen LogP contribution in [-0.4, -0.2) is 18.2 Å². The van der Waals surface area contributed by atoms with Gasteiger partial charge in [0.2, 0.25) is 0 Å². The molecule has 1 aromatic carbocycles. The van der Waals surface area contributed by atoms with E-state index in [0.29, 0.717) is 17.8 Å². The lowest BCUT2D eigenvalue weighted by Crippen LogP contribution is -2.32. The Balaban J connectivity index is 2.48. The van der Waals surface area contributed by atoms with E-state index in [1.807, 2.05) is 32.9 Å². The molecule has 0 radical (unpaired) electrons. The zero-order valence-electron chi connectivity index (χ0n) is 11.9. The first-order valence-electron chi connectivity index (χ1n) is 6.25. The molecule has 0 unspecified atom stereocenters. The second-order valence-electron chi connectivity index (χ2n) is 5.24. The first kappa shape index (κ1) is 15.6. The van der Waals surface area contributed by atoms with Crippen molar-refractivity contribution < 1.29 is 9.53 Å². The highest BCUT2D eigenvalue weighted by atomic mass is 16.6. The Morgan fingerprint density at radius 3 is 2.75 bits per heavy atom. The number of carbonyl (C=O) groups is 1. The molecule has 0 aliphatic carbocycles. The van der Waals surface area contributed by atoms with Crippen molar-refractivity contribution in [1.82, 2.24) is 5.32 Å². The number of nitriles is 1. The number of carbonyl (C=O) groups excluding carboxylic acids is 1. The van der Waals surface area contributed by atoms with Crippen LogP contribution in [0.2, 0.25) is 0 Å². The third-order valence-corrected chi connectivity index (χ3v) is 2.27. The molecule has 0 bridgehead atoms. The number of nitrogens with zero attached hydrogens (tertiary/aromatic N) is 1. The van der Waals surface area contributed by atoms with Gasteiger partial charge in [0, 0.05) is 6.54 Å². The number of benzene rings is 1. The summed E-state index contributed by atoms with van der Waals surface area (Å²) in [5.41, 5.74) is 6.96. The normalized spacial score (nSPS) is 11.1. The van der Waals surface area contributed by atoms with Crippen molar-refractivity contribution in [2.75, 3.05) is 12.3 Å². The van der Waals surface area contributed by atoms with E-state index in [4.69, 9.17) is 15.7 Å². The van der Waals surface area contributed by atoms with Gasteiger partial charge in [-0.25, -0.2) is 4.79 Å². The molecule has 0 aromatic heterocycles. The molecule has 0 saturated carbocycles. The molecule has 3 N–H and O–H groups in total. The summed E-state index contributed by atoms with van der Waals surface area (Å²) in [5.74, 6) is 0. The first-order valence-corrected chi connectivity index (χ1v) is 6.25. The second kappa shape index (κ2) is 6.62. The van der Waals surface area contributed by atoms with Crippen molar-refractivity contribution in [1.29, 1.82) is 5.26 Å². The zero-order valence-corrected chi connectivity index (χ0v) is 11.9. The van der Waals surface area contributed by atoms with E-state index in [9.17, 15) is 4.79 Å². The zero-order chi connectivity index (χ0) is 15.2. The highest BCUT2D eigenvalue weighted by Crippen LogP contribution is 2.14. The molecule has 1 rings (SSSR count). The van der Waals surface area contributed by atoms with Gasteiger partial charge in [-0.05, 0) is 38.5 Å². The number of alkyl carbamates (subject to hydrolysis) is 1. The smallest absolute Gasteiger partial charge is 0.407 e. The van der Waals surface area contributed by atoms with Gasteiger partial charge < -0.3 is 15.8 Å². The predicted octanol–water partition coefficient (Wildman–Crippen LogP) is 2.68. The third kappa shape index (κ3) is 5.44. The number of nitrogen functional groups attached to an aromatic ring is 1. The van der Waals surface area contributed by atoms with Crippen molar-refractivity contribution in [3.05, 3.63) is 35.4 Å². The fraction of sp³-hybridized carbons (Fsp3) is 0.333. The van der Waals surface area contributed by atoms with Crippen molar-refractivity contribution in [3.63, 3.8) is 0 Å². The minimum Gasteiger partial charge on any atom is -0.444 e. The maximum Gasteiger partial charge on any atom is 0.407 e. The summed E-state index contributed by atoms with van der Waals surface area (Å²) < 4.78 is 5.10. The molecular formula is C15H19N3O2. The van der Waals surface area contributed by atoms with E-state index in [-0.39, 0.29) is 0 Å². The van der Waals surface area contributed by atoms with Crippen molar-refractivity contribution in [3.8, 4) is 6.07 Å². The van der Waals surface area contributed by atoms with Crippen LogP contribution in [0.15, 0.2) is 24.3 Å². The quantitative estimate of drug-likeness (QED) is 0.829. The average Bonchev–Trinajstić information content (AvgIpc) is 2.33. The highest BCUT2D eigenvalue weighted by Gasteiger charge is 2.14. The standard InChI is InChI=1S/C15H19N3O2/c1-15(2,3)20-14(19)18-8-4-5-11-6-7-12(10-16)13(17)9-11/h4-7,9H,8,17H2,1-3H3,(H,18,19). The maximum absolute atomic E-state index is 11.4. The minimum absolute atomic E-state index is 0.356. The molecule has 1 amide bonds. The molecule has 0 aliphatic heterocycles. The Morgan fingerprint density at radius 2 is 2.20 bits per heavy atom. The third-order valence-electron chi connectivity index (χ3n) is 2.27. The fourth-order valence-electron chi connectivity index (χ4n) is 1.44.